The fourth-order valence-corrected chi connectivity index (χ4v) is 5.43. The Kier molecular flexibility index (Phi) is 2.46. The van der Waals surface area contributed by atoms with Gasteiger partial charge in [0.05, 0.1) is 6.61 Å². The second kappa shape index (κ2) is 4.13. The highest BCUT2D eigenvalue weighted by Crippen LogP contribution is 2.61. The molecule has 4 nitrogen and oxygen atoms in total. The molecule has 1 saturated heterocycles. The standard InChI is InChI=1S/C18H21NO3/c1-19-7-6-18-12-4-5-14(21)17(18)22-16-11(9-20)3-2-10(15(16)18)8-13(12)19/h2-5,12-14,17,20-21H,6-9H2,1H3/t12?,13-,14+,17+,18+/m1/s1. The average Bonchev–Trinajstić information content (AvgIpc) is 2.88. The Balaban J connectivity index is 1.82. The summed E-state index contributed by atoms with van der Waals surface area (Å²) < 4.78 is 6.27. The predicted molar refractivity (Wildman–Crippen MR) is 81.8 cm³/mol. The van der Waals surface area contributed by atoms with Gasteiger partial charge in [-0.05, 0) is 32.0 Å². The van der Waals surface area contributed by atoms with Gasteiger partial charge in [-0.3, -0.25) is 0 Å². The number of ether oxygens (including phenoxy) is 1. The lowest BCUT2D eigenvalue weighted by molar-refractivity contribution is -0.0453. The summed E-state index contributed by atoms with van der Waals surface area (Å²) in [6, 6.07) is 4.62. The second-order valence-corrected chi connectivity index (χ2v) is 7.23. The van der Waals surface area contributed by atoms with E-state index in [1.165, 1.54) is 11.1 Å². The first-order valence-electron chi connectivity index (χ1n) is 8.16. The Bertz CT molecular complexity index is 685. The van der Waals surface area contributed by atoms with Crippen LogP contribution in [0.15, 0.2) is 24.3 Å². The molecular weight excluding hydrogens is 278 g/mol. The Morgan fingerprint density at radius 1 is 1.36 bits per heavy atom. The maximum Gasteiger partial charge on any atom is 0.138 e. The summed E-state index contributed by atoms with van der Waals surface area (Å²) in [6.07, 6.45) is 5.38. The summed E-state index contributed by atoms with van der Waals surface area (Å²) >= 11 is 0. The number of nitrogens with zero attached hydrogens (tertiary/aromatic N) is 1. The molecule has 0 radical (unpaired) electrons. The van der Waals surface area contributed by atoms with Gasteiger partial charge in [0.15, 0.2) is 0 Å². The highest BCUT2D eigenvalue weighted by atomic mass is 16.5. The lowest BCUT2D eigenvalue weighted by Gasteiger charge is -2.56. The van der Waals surface area contributed by atoms with Gasteiger partial charge in [-0.25, -0.2) is 0 Å². The monoisotopic (exact) mass is 299 g/mol. The minimum atomic E-state index is -0.565. The summed E-state index contributed by atoms with van der Waals surface area (Å²) in [6.45, 7) is 1.02. The highest BCUT2D eigenvalue weighted by molar-refractivity contribution is 5.59. The van der Waals surface area contributed by atoms with E-state index in [-0.39, 0.29) is 18.1 Å². The smallest absolute Gasteiger partial charge is 0.138 e. The van der Waals surface area contributed by atoms with E-state index in [9.17, 15) is 10.2 Å². The minimum Gasteiger partial charge on any atom is -0.486 e. The van der Waals surface area contributed by atoms with Gasteiger partial charge in [0.2, 0.25) is 0 Å². The number of benzene rings is 1. The third kappa shape index (κ3) is 1.31. The molecule has 2 heterocycles. The largest absolute Gasteiger partial charge is 0.486 e. The zero-order chi connectivity index (χ0) is 15.1. The zero-order valence-electron chi connectivity index (χ0n) is 12.7. The Morgan fingerprint density at radius 2 is 2.23 bits per heavy atom. The summed E-state index contributed by atoms with van der Waals surface area (Å²) in [4.78, 5) is 2.45. The van der Waals surface area contributed by atoms with Gasteiger partial charge in [0.25, 0.3) is 0 Å². The molecule has 2 N–H and O–H groups in total. The molecule has 2 aliphatic carbocycles. The zero-order valence-corrected chi connectivity index (χ0v) is 12.7. The number of hydrogen-bond donors (Lipinski definition) is 2. The lowest BCUT2D eigenvalue weighted by Crippen LogP contribution is -2.64. The van der Waals surface area contributed by atoms with Crippen molar-refractivity contribution >= 4 is 0 Å². The van der Waals surface area contributed by atoms with Gasteiger partial charge in [-0.2, -0.15) is 0 Å². The Labute approximate surface area is 130 Å². The Morgan fingerprint density at radius 3 is 3.05 bits per heavy atom. The molecule has 116 valence electrons. The van der Waals surface area contributed by atoms with E-state index in [1.54, 1.807) is 0 Å². The van der Waals surface area contributed by atoms with Crippen molar-refractivity contribution in [2.75, 3.05) is 13.6 Å². The summed E-state index contributed by atoms with van der Waals surface area (Å²) in [5, 5.41) is 20.2. The molecule has 2 bridgehead atoms. The second-order valence-electron chi connectivity index (χ2n) is 7.23. The third-order valence-corrected chi connectivity index (χ3v) is 6.42. The van der Waals surface area contributed by atoms with Crippen LogP contribution in [0.3, 0.4) is 0 Å². The van der Waals surface area contributed by atoms with Crippen LogP contribution in [0.5, 0.6) is 5.75 Å². The van der Waals surface area contributed by atoms with Crippen molar-refractivity contribution < 1.29 is 14.9 Å². The van der Waals surface area contributed by atoms with Crippen LogP contribution in [-0.2, 0) is 18.4 Å². The van der Waals surface area contributed by atoms with Crippen LogP contribution >= 0.6 is 0 Å². The van der Waals surface area contributed by atoms with Crippen LogP contribution in [0, 0.1) is 5.92 Å². The van der Waals surface area contributed by atoms with Gasteiger partial charge in [-0.1, -0.05) is 24.3 Å². The third-order valence-electron chi connectivity index (χ3n) is 6.42. The van der Waals surface area contributed by atoms with Crippen molar-refractivity contribution in [2.24, 2.45) is 5.92 Å². The molecule has 22 heavy (non-hydrogen) atoms. The highest BCUT2D eigenvalue weighted by Gasteiger charge is 2.63. The van der Waals surface area contributed by atoms with Crippen molar-refractivity contribution in [1.29, 1.82) is 0 Å². The summed E-state index contributed by atoms with van der Waals surface area (Å²) in [7, 11) is 2.20. The molecule has 4 heteroatoms. The molecule has 0 amide bonds. The van der Waals surface area contributed by atoms with Gasteiger partial charge in [0, 0.05) is 28.5 Å². The molecule has 5 atom stereocenters. The quantitative estimate of drug-likeness (QED) is 0.759. The molecule has 1 spiro atoms. The summed E-state index contributed by atoms with van der Waals surface area (Å²) in [5.74, 6) is 1.24. The van der Waals surface area contributed by atoms with E-state index in [4.69, 9.17) is 4.74 Å². The predicted octanol–water partition coefficient (Wildman–Crippen LogP) is 0.985. The molecule has 0 aromatic heterocycles. The number of likely N-dealkylation sites (N-methyl/N-ethyl adjacent to an activating group) is 1. The van der Waals surface area contributed by atoms with Crippen LogP contribution in [0.1, 0.15) is 23.1 Å². The molecule has 1 unspecified atom stereocenters. The molecule has 0 saturated carbocycles. The number of aliphatic hydroxyl groups excluding tert-OH is 2. The number of hydrogen-bond acceptors (Lipinski definition) is 4. The minimum absolute atomic E-state index is 0.0110. The number of aliphatic hydroxyl groups is 2. The fourth-order valence-electron chi connectivity index (χ4n) is 5.43. The lowest BCUT2D eigenvalue weighted by atomic mass is 9.53. The SMILES string of the molecule is CN1CC[C@]23c4c5ccc(CO)c4O[C@H]2[C@@H](O)C=CC3[C@H]1C5. The van der Waals surface area contributed by atoms with E-state index in [1.807, 2.05) is 12.1 Å². The average molecular weight is 299 g/mol. The van der Waals surface area contributed by atoms with Crippen molar-refractivity contribution in [3.63, 3.8) is 0 Å². The van der Waals surface area contributed by atoms with E-state index in [0.29, 0.717) is 12.0 Å². The number of piperidine rings is 1. The van der Waals surface area contributed by atoms with E-state index in [2.05, 4.69) is 24.1 Å². The van der Waals surface area contributed by atoms with Gasteiger partial charge in [-0.15, -0.1) is 0 Å². The van der Waals surface area contributed by atoms with Crippen molar-refractivity contribution in [3.8, 4) is 5.75 Å². The van der Waals surface area contributed by atoms with Crippen molar-refractivity contribution in [3.05, 3.63) is 41.0 Å². The molecule has 2 aliphatic heterocycles. The first-order valence-corrected chi connectivity index (χ1v) is 8.16. The van der Waals surface area contributed by atoms with Gasteiger partial charge < -0.3 is 19.8 Å². The van der Waals surface area contributed by atoms with Crippen LogP contribution in [0.4, 0.5) is 0 Å². The van der Waals surface area contributed by atoms with Crippen LogP contribution in [0.2, 0.25) is 0 Å². The topological polar surface area (TPSA) is 52.9 Å². The molecule has 4 aliphatic rings. The normalized spacial score (nSPS) is 41.2. The van der Waals surface area contributed by atoms with Gasteiger partial charge >= 0.3 is 0 Å². The molecular formula is C18H21NO3. The van der Waals surface area contributed by atoms with Crippen LogP contribution in [-0.4, -0.2) is 47.0 Å². The molecule has 1 aromatic rings. The van der Waals surface area contributed by atoms with Crippen molar-refractivity contribution in [1.82, 2.24) is 4.90 Å². The first-order chi connectivity index (χ1) is 10.7. The van der Waals surface area contributed by atoms with Crippen molar-refractivity contribution in [2.45, 2.75) is 43.1 Å². The first kappa shape index (κ1) is 13.1. The molecule has 5 rings (SSSR count). The maximum absolute atomic E-state index is 10.5. The number of rotatable bonds is 1. The van der Waals surface area contributed by atoms with E-state index >= 15 is 0 Å². The number of likely N-dealkylation sites (tertiary alicyclic amines) is 1. The fraction of sp³-hybridized carbons (Fsp3) is 0.556. The van der Waals surface area contributed by atoms with Crippen LogP contribution < -0.4 is 4.74 Å². The maximum atomic E-state index is 10.5. The molecule has 1 fully saturated rings. The molecule has 1 aromatic carbocycles. The van der Waals surface area contributed by atoms with Gasteiger partial charge in [0.1, 0.15) is 18.0 Å². The Hall–Kier alpha value is -1.36. The van der Waals surface area contributed by atoms with E-state index < -0.39 is 6.10 Å². The van der Waals surface area contributed by atoms with E-state index in [0.717, 1.165) is 30.7 Å². The van der Waals surface area contributed by atoms with Crippen LogP contribution in [0.25, 0.3) is 0 Å². The summed E-state index contributed by atoms with van der Waals surface area (Å²) in [5.41, 5.74) is 3.36.